The SMILES string of the molecule is COc1ccc(S(=O)(=O)N2CCN(CCC(=O)N3CCNCC3)CC2)cc1.Cl. The zero-order valence-electron chi connectivity index (χ0n) is 16.2. The van der Waals surface area contributed by atoms with Crippen LogP contribution < -0.4 is 10.1 Å². The van der Waals surface area contributed by atoms with E-state index < -0.39 is 10.0 Å². The van der Waals surface area contributed by atoms with Gasteiger partial charge in [-0.1, -0.05) is 0 Å². The molecule has 158 valence electrons. The summed E-state index contributed by atoms with van der Waals surface area (Å²) in [6, 6.07) is 6.47. The van der Waals surface area contributed by atoms with Crippen LogP contribution in [-0.4, -0.2) is 94.4 Å². The van der Waals surface area contributed by atoms with Crippen LogP contribution in [0.5, 0.6) is 5.75 Å². The highest BCUT2D eigenvalue weighted by molar-refractivity contribution is 7.89. The van der Waals surface area contributed by atoms with Crippen molar-refractivity contribution >= 4 is 28.3 Å². The standard InChI is InChI=1S/C18H28N4O4S.ClH/c1-26-16-2-4-17(5-3-16)27(24,25)22-14-12-20(13-15-22)9-6-18(23)21-10-7-19-8-11-21;/h2-5,19H,6-15H2,1H3;1H. The molecule has 10 heteroatoms. The van der Waals surface area contributed by atoms with E-state index in [0.717, 1.165) is 26.2 Å². The number of ether oxygens (including phenoxy) is 1. The zero-order chi connectivity index (χ0) is 19.3. The number of nitrogens with one attached hydrogen (secondary N) is 1. The molecule has 2 aliphatic heterocycles. The molecule has 0 atom stereocenters. The fraction of sp³-hybridized carbons (Fsp3) is 0.611. The van der Waals surface area contributed by atoms with Gasteiger partial charge in [-0.15, -0.1) is 12.4 Å². The van der Waals surface area contributed by atoms with Crippen molar-refractivity contribution in [3.05, 3.63) is 24.3 Å². The van der Waals surface area contributed by atoms with Gasteiger partial charge in [0.15, 0.2) is 0 Å². The van der Waals surface area contributed by atoms with E-state index in [4.69, 9.17) is 4.74 Å². The maximum Gasteiger partial charge on any atom is 0.243 e. The normalized spacial score (nSPS) is 19.1. The quantitative estimate of drug-likeness (QED) is 0.693. The average molecular weight is 433 g/mol. The third-order valence-electron chi connectivity index (χ3n) is 5.14. The Balaban J connectivity index is 0.00000280. The highest BCUT2D eigenvalue weighted by Crippen LogP contribution is 2.20. The highest BCUT2D eigenvalue weighted by Gasteiger charge is 2.28. The van der Waals surface area contributed by atoms with E-state index >= 15 is 0 Å². The number of rotatable bonds is 6. The Bertz CT molecular complexity index is 730. The van der Waals surface area contributed by atoms with E-state index in [1.807, 2.05) is 4.90 Å². The van der Waals surface area contributed by atoms with Gasteiger partial charge in [0.2, 0.25) is 15.9 Å². The van der Waals surface area contributed by atoms with Gasteiger partial charge in [-0.25, -0.2) is 8.42 Å². The lowest BCUT2D eigenvalue weighted by atomic mass is 10.2. The van der Waals surface area contributed by atoms with Crippen molar-refractivity contribution < 1.29 is 17.9 Å². The summed E-state index contributed by atoms with van der Waals surface area (Å²) in [5, 5.41) is 3.24. The minimum absolute atomic E-state index is 0. The second-order valence-corrected chi connectivity index (χ2v) is 8.74. The molecule has 0 bridgehead atoms. The number of methoxy groups -OCH3 is 1. The Labute approximate surface area is 173 Å². The van der Waals surface area contributed by atoms with Crippen LogP contribution in [0.1, 0.15) is 6.42 Å². The van der Waals surface area contributed by atoms with Crippen molar-refractivity contribution in [2.75, 3.05) is 66.0 Å². The van der Waals surface area contributed by atoms with Crippen LogP contribution in [0.25, 0.3) is 0 Å². The number of hydrogen-bond donors (Lipinski definition) is 1. The molecule has 28 heavy (non-hydrogen) atoms. The second kappa shape index (κ2) is 10.4. The molecule has 2 aliphatic rings. The number of hydrogen-bond acceptors (Lipinski definition) is 6. The number of halogens is 1. The third kappa shape index (κ3) is 5.57. The van der Waals surface area contributed by atoms with E-state index in [0.29, 0.717) is 44.9 Å². The van der Waals surface area contributed by atoms with Crippen LogP contribution in [0.2, 0.25) is 0 Å². The van der Waals surface area contributed by atoms with Crippen molar-refractivity contribution in [1.82, 2.24) is 19.4 Å². The molecule has 0 spiro atoms. The molecular formula is C18H29ClN4O4S. The van der Waals surface area contributed by atoms with Crippen molar-refractivity contribution in [2.45, 2.75) is 11.3 Å². The first-order valence-electron chi connectivity index (χ1n) is 9.36. The fourth-order valence-electron chi connectivity index (χ4n) is 3.42. The predicted molar refractivity (Wildman–Crippen MR) is 110 cm³/mol. The Kier molecular flexibility index (Phi) is 8.51. The first-order valence-corrected chi connectivity index (χ1v) is 10.8. The molecule has 1 N–H and O–H groups in total. The van der Waals surface area contributed by atoms with Crippen LogP contribution in [0.4, 0.5) is 0 Å². The van der Waals surface area contributed by atoms with Crippen molar-refractivity contribution in [3.8, 4) is 5.75 Å². The molecule has 1 aromatic carbocycles. The Hall–Kier alpha value is -1.39. The molecule has 1 aromatic rings. The topological polar surface area (TPSA) is 82.2 Å². The van der Waals surface area contributed by atoms with Crippen molar-refractivity contribution in [2.24, 2.45) is 0 Å². The Morgan fingerprint density at radius 3 is 2.21 bits per heavy atom. The Morgan fingerprint density at radius 1 is 1.04 bits per heavy atom. The average Bonchev–Trinajstić information content (AvgIpc) is 2.73. The van der Waals surface area contributed by atoms with Gasteiger partial charge >= 0.3 is 0 Å². The summed E-state index contributed by atoms with van der Waals surface area (Å²) in [4.78, 5) is 16.6. The summed E-state index contributed by atoms with van der Waals surface area (Å²) in [6.45, 7) is 6.10. The molecule has 2 heterocycles. The van der Waals surface area contributed by atoms with Crippen molar-refractivity contribution in [3.63, 3.8) is 0 Å². The number of piperazine rings is 2. The number of sulfonamides is 1. The van der Waals surface area contributed by atoms with E-state index in [9.17, 15) is 13.2 Å². The molecule has 0 unspecified atom stereocenters. The number of carbonyl (C=O) groups excluding carboxylic acids is 1. The number of benzene rings is 1. The van der Waals surface area contributed by atoms with Crippen LogP contribution in [0.3, 0.4) is 0 Å². The Morgan fingerprint density at radius 2 is 1.64 bits per heavy atom. The van der Waals surface area contributed by atoms with Crippen LogP contribution in [0.15, 0.2) is 29.2 Å². The second-order valence-electron chi connectivity index (χ2n) is 6.80. The molecule has 3 rings (SSSR count). The van der Waals surface area contributed by atoms with Crippen molar-refractivity contribution in [1.29, 1.82) is 0 Å². The molecule has 2 saturated heterocycles. The maximum atomic E-state index is 12.8. The lowest BCUT2D eigenvalue weighted by molar-refractivity contribution is -0.132. The van der Waals surface area contributed by atoms with Gasteiger partial charge in [0, 0.05) is 65.3 Å². The molecule has 2 fully saturated rings. The summed E-state index contributed by atoms with van der Waals surface area (Å²) < 4.78 is 32.1. The predicted octanol–water partition coefficient (Wildman–Crippen LogP) is 0.245. The zero-order valence-corrected chi connectivity index (χ0v) is 17.8. The largest absolute Gasteiger partial charge is 0.497 e. The van der Waals surface area contributed by atoms with E-state index in [-0.39, 0.29) is 23.2 Å². The van der Waals surface area contributed by atoms with Gasteiger partial charge in [0.1, 0.15) is 5.75 Å². The lowest BCUT2D eigenvalue weighted by Crippen LogP contribution is -2.50. The summed E-state index contributed by atoms with van der Waals surface area (Å²) in [5.74, 6) is 0.817. The van der Waals surface area contributed by atoms with Gasteiger partial charge in [0.05, 0.1) is 12.0 Å². The first kappa shape index (κ1) is 22.9. The fourth-order valence-corrected chi connectivity index (χ4v) is 4.84. The van der Waals surface area contributed by atoms with Gasteiger partial charge in [-0.05, 0) is 24.3 Å². The smallest absolute Gasteiger partial charge is 0.243 e. The minimum Gasteiger partial charge on any atom is -0.497 e. The van der Waals surface area contributed by atoms with Gasteiger partial charge in [-0.3, -0.25) is 4.79 Å². The summed E-state index contributed by atoms with van der Waals surface area (Å²) in [6.07, 6.45) is 0.491. The number of amides is 1. The molecule has 1 amide bonds. The van der Waals surface area contributed by atoms with Gasteiger partial charge < -0.3 is 19.9 Å². The lowest BCUT2D eigenvalue weighted by Gasteiger charge is -2.34. The number of carbonyl (C=O) groups is 1. The summed E-state index contributed by atoms with van der Waals surface area (Å²) >= 11 is 0. The highest BCUT2D eigenvalue weighted by atomic mass is 35.5. The van der Waals surface area contributed by atoms with Gasteiger partial charge in [-0.2, -0.15) is 4.31 Å². The van der Waals surface area contributed by atoms with E-state index in [1.165, 1.54) is 4.31 Å². The molecule has 0 radical (unpaired) electrons. The molecular weight excluding hydrogens is 404 g/mol. The van der Waals surface area contributed by atoms with Gasteiger partial charge in [0.25, 0.3) is 0 Å². The van der Waals surface area contributed by atoms with E-state index in [2.05, 4.69) is 10.2 Å². The summed E-state index contributed by atoms with van der Waals surface area (Å²) in [5.41, 5.74) is 0. The monoisotopic (exact) mass is 432 g/mol. The van der Waals surface area contributed by atoms with Crippen LogP contribution >= 0.6 is 12.4 Å². The summed E-state index contributed by atoms with van der Waals surface area (Å²) in [7, 11) is -1.94. The van der Waals surface area contributed by atoms with Crippen LogP contribution in [0, 0.1) is 0 Å². The maximum absolute atomic E-state index is 12.8. The molecule has 8 nitrogen and oxygen atoms in total. The first-order chi connectivity index (χ1) is 13.0. The molecule has 0 saturated carbocycles. The minimum atomic E-state index is -3.49. The van der Waals surface area contributed by atoms with E-state index in [1.54, 1.807) is 31.4 Å². The molecule has 0 aliphatic carbocycles. The molecule has 0 aromatic heterocycles. The number of nitrogens with zero attached hydrogens (tertiary/aromatic N) is 3. The third-order valence-corrected chi connectivity index (χ3v) is 7.05. The van der Waals surface area contributed by atoms with Crippen LogP contribution in [-0.2, 0) is 14.8 Å².